The molecule has 16 rings (SSSR count). The maximum absolute atomic E-state index is 10.5. The Bertz CT molecular complexity index is 6290. The molecular weight excluding hydrogens is 1680 g/mol. The zero-order chi connectivity index (χ0) is 98.2. The Morgan fingerprint density at radius 3 is 1.02 bits per heavy atom. The number of thiazole rings is 2. The van der Waals surface area contributed by atoms with Gasteiger partial charge < -0.3 is 38.4 Å². The van der Waals surface area contributed by atoms with Crippen LogP contribution in [0.25, 0.3) is 78.7 Å². The first kappa shape index (κ1) is 102. The zero-order valence-corrected chi connectivity index (χ0v) is 87.3. The highest BCUT2D eigenvalue weighted by molar-refractivity contribution is 7.15. The van der Waals surface area contributed by atoms with Crippen LogP contribution in [0, 0.1) is 284 Å². The maximum atomic E-state index is 10.5. The summed E-state index contributed by atoms with van der Waals surface area (Å²) in [6.45, 7) is 82.8. The predicted octanol–water partition coefficient (Wildman–Crippen LogP) is 24.6. The van der Waals surface area contributed by atoms with Gasteiger partial charge in [-0.2, -0.15) is 30.6 Å². The fourth-order valence-electron chi connectivity index (χ4n) is 14.8. The third kappa shape index (κ3) is 20.6. The molecule has 12 heterocycles. The molecule has 0 radical (unpaired) electrons. The number of phenols is 4. The SMILES string of the molecule is Cc1cn(-c2n[nH]c(C)c2C)nc1C.Cc1nc(-c2c(C)c(C)c(C)c(C)c2O)n(C)c1C.Cc1nc(-c2c(C)c(C)c(C)c(C)c2O)oc1C.Cc1nc(-c2c(C)c(C)c(C)c(C)c2O)sc1C.Cc1nc(-c2n[nH]c(C)c2C)n(C)c1C.Cc1nc(-c2n[nH]c(C)c2C)oc1C.Cc1nc(-c2n[nH]c(C)c2C)sc1C.Cc1nn(-c2c(C)c(C)c(C)c(C)c2O)c(C)c1C. The number of aryl methyl sites for hydroxylation is 17. The molecule has 16 aromatic rings. The quantitative estimate of drug-likeness (QED) is 0.0700. The first-order valence-electron chi connectivity index (χ1n) is 44.1. The van der Waals surface area contributed by atoms with E-state index in [4.69, 9.17) is 8.83 Å². The van der Waals surface area contributed by atoms with Crippen LogP contribution >= 0.6 is 22.7 Å². The van der Waals surface area contributed by atoms with E-state index >= 15 is 0 Å². The van der Waals surface area contributed by atoms with Gasteiger partial charge in [-0.15, -0.1) is 22.7 Å². The second-order valence-corrected chi connectivity index (χ2v) is 37.6. The van der Waals surface area contributed by atoms with Crippen LogP contribution < -0.4 is 0 Å². The van der Waals surface area contributed by atoms with Gasteiger partial charge in [0.2, 0.25) is 11.8 Å². The molecule has 0 aliphatic rings. The van der Waals surface area contributed by atoms with Gasteiger partial charge in [-0.3, -0.25) is 20.4 Å². The first-order chi connectivity index (χ1) is 61.0. The fraction of sp³-hybridized carbons (Fsp3) is 0.417. The predicted molar refractivity (Wildman–Crippen MR) is 533 cm³/mol. The molecule has 0 amide bonds. The van der Waals surface area contributed by atoms with Crippen molar-refractivity contribution < 1.29 is 29.3 Å². The van der Waals surface area contributed by atoms with E-state index in [0.717, 1.165) is 225 Å². The van der Waals surface area contributed by atoms with E-state index in [1.807, 2.05) is 221 Å². The molecule has 12 aromatic heterocycles. The largest absolute Gasteiger partial charge is 0.507 e. The number of H-pyrrole nitrogens is 4. The van der Waals surface area contributed by atoms with Crippen molar-refractivity contribution in [3.05, 3.63) is 235 Å². The van der Waals surface area contributed by atoms with Crippen molar-refractivity contribution >= 4 is 22.7 Å². The number of imidazole rings is 2. The van der Waals surface area contributed by atoms with E-state index in [2.05, 4.69) is 182 Å². The topological polar surface area (TPSA) is 345 Å². The molecule has 4 aromatic carbocycles. The number of nitrogens with one attached hydrogen (secondary N) is 4. The average Bonchev–Trinajstić information content (AvgIpc) is 1.56. The van der Waals surface area contributed by atoms with Crippen molar-refractivity contribution in [1.82, 2.24) is 99.4 Å². The van der Waals surface area contributed by atoms with Gasteiger partial charge in [0.1, 0.15) is 67.4 Å². The number of rotatable bonds is 8. The normalized spacial score (nSPS) is 11.0. The first-order valence-corrected chi connectivity index (χ1v) is 45.7. The highest BCUT2D eigenvalue weighted by Crippen LogP contribution is 2.45. The average molecular weight is 1820 g/mol. The summed E-state index contributed by atoms with van der Waals surface area (Å²) in [5.74, 6) is 6.76. The number of benzene rings is 4. The number of aromatic hydroxyl groups is 4. The van der Waals surface area contributed by atoms with Gasteiger partial charge in [0.05, 0.1) is 62.2 Å². The molecular formula is C103H138N20O6S2. The van der Waals surface area contributed by atoms with E-state index in [1.165, 1.54) is 65.5 Å². The van der Waals surface area contributed by atoms with Gasteiger partial charge in [0.25, 0.3) is 0 Å². The van der Waals surface area contributed by atoms with Crippen molar-refractivity contribution in [3.8, 4) is 102 Å². The van der Waals surface area contributed by atoms with Crippen LogP contribution in [0.5, 0.6) is 23.0 Å². The monoisotopic (exact) mass is 1820 g/mol. The van der Waals surface area contributed by atoms with E-state index in [9.17, 15) is 20.4 Å². The Kier molecular flexibility index (Phi) is 31.9. The molecule has 0 saturated heterocycles. The lowest BCUT2D eigenvalue weighted by Crippen LogP contribution is -2.06. The van der Waals surface area contributed by atoms with E-state index in [0.29, 0.717) is 34.6 Å². The van der Waals surface area contributed by atoms with Crippen molar-refractivity contribution in [2.45, 2.75) is 284 Å². The molecule has 28 heteroatoms. The molecule has 0 fully saturated rings. The van der Waals surface area contributed by atoms with E-state index < -0.39 is 0 Å². The van der Waals surface area contributed by atoms with Crippen LogP contribution in [-0.4, -0.2) is 120 Å². The number of aromatic amines is 4. The summed E-state index contributed by atoms with van der Waals surface area (Å²) in [7, 11) is 4.02. The van der Waals surface area contributed by atoms with Crippen molar-refractivity contribution in [2.75, 3.05) is 0 Å². The molecule has 0 saturated carbocycles. The summed E-state index contributed by atoms with van der Waals surface area (Å²) in [6.07, 6.45) is 2.00. The van der Waals surface area contributed by atoms with Crippen LogP contribution in [0.1, 0.15) is 229 Å². The Hall–Kier alpha value is -12.6. The summed E-state index contributed by atoms with van der Waals surface area (Å²) in [5, 5.41) is 81.4. The summed E-state index contributed by atoms with van der Waals surface area (Å²) in [4.78, 5) is 29.4. The molecule has 698 valence electrons. The minimum Gasteiger partial charge on any atom is -0.507 e. The Balaban J connectivity index is 0.000000169. The van der Waals surface area contributed by atoms with Gasteiger partial charge in [-0.25, -0.2) is 39.3 Å². The lowest BCUT2D eigenvalue weighted by atomic mass is 9.93. The smallest absolute Gasteiger partial charge is 0.247 e. The number of phenolic OH excluding ortho intramolecular Hbond substituents is 4. The standard InChI is InChI=1S/2C16H22N2O.C15H19NO2.C15H19NOS.C11H16N4.C10H14N4.C10H13N3O.C10H13N3S/c1-8-9(2)11(4)15(19)14(10(8)3)16-17-12(5)13(6)18(16)7;1-8-9(2)11(4)16(19)15(10(8)3)18-14(7)12(5)13(6)17-18;2*1-7-8(2)10(4)14(17)13(9(7)3)15-16-11(5)12(6)18-15;1-6-7(2)13-14-10(6)11-12-8(3)9(4)15(11)5;1-6-5-14(13-8(6)3)10-7(2)9(4)11-12-10;2*1-5-6(2)12-13-9(5)10-11-7(3)8(4)14-10/h2*19H,1-7H3;2*17H,1-6H3;1-5H3,(H,13,14);5H,1-4H3,(H,11,12);2*1-4H3,(H,12,13). The number of hydrogen-bond donors (Lipinski definition) is 8. The molecule has 0 bridgehead atoms. The third-order valence-electron chi connectivity index (χ3n) is 27.4. The summed E-state index contributed by atoms with van der Waals surface area (Å²) < 4.78 is 19.0. The molecule has 0 aliphatic heterocycles. The molecule has 26 nitrogen and oxygen atoms in total. The highest BCUT2D eigenvalue weighted by atomic mass is 32.1. The number of nitrogens with zero attached hydrogens (tertiary/aromatic N) is 16. The van der Waals surface area contributed by atoms with Crippen LogP contribution in [-0.2, 0) is 14.1 Å². The Labute approximate surface area is 781 Å². The number of oxazole rings is 2. The van der Waals surface area contributed by atoms with E-state index in [-0.39, 0.29) is 5.75 Å². The van der Waals surface area contributed by atoms with Gasteiger partial charge in [-0.05, 0) is 384 Å². The summed E-state index contributed by atoms with van der Waals surface area (Å²) >= 11 is 3.35. The van der Waals surface area contributed by atoms with Gasteiger partial charge >= 0.3 is 0 Å². The Morgan fingerprint density at radius 1 is 0.282 bits per heavy atom. The lowest BCUT2D eigenvalue weighted by molar-refractivity contribution is 0.464. The number of hydrogen-bond acceptors (Lipinski definition) is 20. The third-order valence-corrected chi connectivity index (χ3v) is 29.6. The molecule has 0 unspecified atom stereocenters. The zero-order valence-electron chi connectivity index (χ0n) is 85.7. The second-order valence-electron chi connectivity index (χ2n) is 35.2. The van der Waals surface area contributed by atoms with Crippen molar-refractivity contribution in [2.24, 2.45) is 14.1 Å². The van der Waals surface area contributed by atoms with Gasteiger partial charge in [0, 0.05) is 92.2 Å². The minimum atomic E-state index is 0.275. The molecule has 0 atom stereocenters. The number of aromatic nitrogens is 20. The van der Waals surface area contributed by atoms with Crippen LogP contribution in [0.15, 0.2) is 15.0 Å². The molecule has 0 spiro atoms. The van der Waals surface area contributed by atoms with Crippen LogP contribution in [0.4, 0.5) is 0 Å². The lowest BCUT2D eigenvalue weighted by Gasteiger charge is -2.18. The molecule has 131 heavy (non-hydrogen) atoms. The van der Waals surface area contributed by atoms with E-state index in [1.54, 1.807) is 22.7 Å². The van der Waals surface area contributed by atoms with Gasteiger partial charge in [-0.1, -0.05) is 0 Å². The van der Waals surface area contributed by atoms with Crippen LogP contribution in [0.3, 0.4) is 0 Å². The van der Waals surface area contributed by atoms with Crippen LogP contribution in [0.2, 0.25) is 0 Å². The molecule has 8 N–H and O–H groups in total. The summed E-state index contributed by atoms with van der Waals surface area (Å²) in [5.41, 5.74) is 46.3. The van der Waals surface area contributed by atoms with Crippen molar-refractivity contribution in [3.63, 3.8) is 0 Å². The van der Waals surface area contributed by atoms with Gasteiger partial charge in [0.15, 0.2) is 17.3 Å². The maximum Gasteiger partial charge on any atom is 0.247 e. The Morgan fingerprint density at radius 2 is 0.649 bits per heavy atom. The van der Waals surface area contributed by atoms with Crippen molar-refractivity contribution in [1.29, 1.82) is 0 Å². The highest BCUT2D eigenvalue weighted by Gasteiger charge is 2.27. The molecule has 0 aliphatic carbocycles. The second kappa shape index (κ2) is 40.8. The summed E-state index contributed by atoms with van der Waals surface area (Å²) in [6, 6.07) is 0. The fourth-order valence-corrected chi connectivity index (χ4v) is 16.7. The minimum absolute atomic E-state index is 0.275.